The normalized spacial score (nSPS) is 17.7. The van der Waals surface area contributed by atoms with Gasteiger partial charge in [-0.05, 0) is 157 Å². The van der Waals surface area contributed by atoms with Crippen LogP contribution >= 0.6 is 11.3 Å². The van der Waals surface area contributed by atoms with Gasteiger partial charge >= 0.3 is 0 Å². The van der Waals surface area contributed by atoms with Crippen molar-refractivity contribution in [3.8, 4) is 0 Å². The molecule has 3 aliphatic carbocycles. The molecule has 3 heteroatoms. The highest BCUT2D eigenvalue weighted by Crippen LogP contribution is 2.55. The fraction of sp³-hybridized carbons (Fsp3) is 0.208. The molecule has 1 fully saturated rings. The fourth-order valence-corrected chi connectivity index (χ4v) is 11.6. The summed E-state index contributed by atoms with van der Waals surface area (Å²) in [4.78, 5) is 4.95. The Morgan fingerprint density at radius 3 is 1.57 bits per heavy atom. The van der Waals surface area contributed by atoms with Crippen LogP contribution in [-0.4, -0.2) is 0 Å². The monoisotopic (exact) mass is 742 g/mol. The van der Waals surface area contributed by atoms with Gasteiger partial charge in [0.2, 0.25) is 0 Å². The number of hydrogen-bond acceptors (Lipinski definition) is 3. The third-order valence-electron chi connectivity index (χ3n) is 13.3. The van der Waals surface area contributed by atoms with E-state index in [-0.39, 0.29) is 5.41 Å². The molecular formula is C53H46N2S. The lowest BCUT2D eigenvalue weighted by molar-refractivity contribution is 0.443. The minimum absolute atomic E-state index is 0.000241. The zero-order valence-electron chi connectivity index (χ0n) is 31.8. The molecule has 56 heavy (non-hydrogen) atoms. The molecule has 0 saturated heterocycles. The summed E-state index contributed by atoms with van der Waals surface area (Å²) >= 11 is 1.89. The van der Waals surface area contributed by atoms with Gasteiger partial charge in [0.25, 0.3) is 0 Å². The number of aryl methyl sites for hydroxylation is 2. The van der Waals surface area contributed by atoms with Gasteiger partial charge in [0.05, 0.1) is 0 Å². The van der Waals surface area contributed by atoms with Crippen molar-refractivity contribution in [2.45, 2.75) is 69.1 Å². The van der Waals surface area contributed by atoms with Crippen LogP contribution in [0.15, 0.2) is 164 Å². The Morgan fingerprint density at radius 1 is 0.429 bits per heavy atom. The van der Waals surface area contributed by atoms with Crippen LogP contribution < -0.4 is 9.80 Å². The van der Waals surface area contributed by atoms with Crippen LogP contribution in [0.3, 0.4) is 0 Å². The van der Waals surface area contributed by atoms with E-state index in [1.54, 1.807) is 0 Å². The first-order chi connectivity index (χ1) is 27.7. The SMILES string of the molecule is c1ccc(N(c2ccccc2)c2ccc3c(c2)[C@@]2(CC3)CCc3ccc(N(c4ccc(C5CCCCC5)cc4)c4ccc5sc6ccccc6c5c4)cc32)cc1. The molecule has 0 amide bonds. The molecule has 1 spiro atoms. The first kappa shape index (κ1) is 33.7. The first-order valence-electron chi connectivity index (χ1n) is 20.7. The number of benzene rings is 7. The lowest BCUT2D eigenvalue weighted by Gasteiger charge is -2.32. The molecule has 1 heterocycles. The zero-order chi connectivity index (χ0) is 37.1. The van der Waals surface area contributed by atoms with Crippen molar-refractivity contribution in [3.63, 3.8) is 0 Å². The van der Waals surface area contributed by atoms with Crippen LogP contribution in [-0.2, 0) is 18.3 Å². The standard InChI is InChI=1S/C53H46N2S/c1-4-12-37(13-5-1)38-20-24-43(25-21-38)55(44-28-29-52-48(34-44)47-18-10-11-19-51(47)56-52)46-27-23-40-31-33-53(50(40)36-46)32-30-39-22-26-45(35-49(39)53)54(41-14-6-2-7-15-41)42-16-8-3-9-17-42/h2-3,6-11,14-29,34-37H,1,4-5,12-13,30-33H2/t53-/m1/s1. The van der Waals surface area contributed by atoms with Crippen molar-refractivity contribution in [2.24, 2.45) is 0 Å². The van der Waals surface area contributed by atoms with Gasteiger partial charge < -0.3 is 9.80 Å². The Hall–Kier alpha value is -5.64. The summed E-state index contributed by atoms with van der Waals surface area (Å²) in [6.45, 7) is 0. The topological polar surface area (TPSA) is 6.48 Å². The van der Waals surface area contributed by atoms with Crippen molar-refractivity contribution in [2.75, 3.05) is 9.80 Å². The van der Waals surface area contributed by atoms with E-state index in [4.69, 9.17) is 0 Å². The molecule has 0 radical (unpaired) electrons. The van der Waals surface area contributed by atoms with Gasteiger partial charge in [-0.2, -0.15) is 0 Å². The second-order valence-electron chi connectivity index (χ2n) is 16.3. The highest BCUT2D eigenvalue weighted by molar-refractivity contribution is 7.25. The number of hydrogen-bond donors (Lipinski definition) is 0. The molecule has 0 unspecified atom stereocenters. The third kappa shape index (κ3) is 5.67. The number of fused-ring (bicyclic) bond motifs is 7. The molecule has 3 aliphatic rings. The van der Waals surface area contributed by atoms with Crippen LogP contribution in [0.2, 0.25) is 0 Å². The van der Waals surface area contributed by atoms with E-state index in [2.05, 4.69) is 174 Å². The maximum Gasteiger partial charge on any atom is 0.0468 e. The molecule has 1 aromatic heterocycles. The van der Waals surface area contributed by atoms with Crippen molar-refractivity contribution < 1.29 is 0 Å². The van der Waals surface area contributed by atoms with E-state index in [0.29, 0.717) is 5.92 Å². The number of thiophene rings is 1. The Morgan fingerprint density at radius 2 is 0.929 bits per heavy atom. The minimum atomic E-state index is -0.000241. The lowest BCUT2D eigenvalue weighted by atomic mass is 9.76. The van der Waals surface area contributed by atoms with E-state index in [9.17, 15) is 0 Å². The molecule has 8 aromatic rings. The molecular weight excluding hydrogens is 697 g/mol. The summed E-state index contributed by atoms with van der Waals surface area (Å²) in [6, 6.07) is 62.0. The van der Waals surface area contributed by atoms with Crippen molar-refractivity contribution >= 4 is 65.6 Å². The molecule has 7 aromatic carbocycles. The zero-order valence-corrected chi connectivity index (χ0v) is 32.6. The Balaban J connectivity index is 1.04. The van der Waals surface area contributed by atoms with Gasteiger partial charge in [-0.1, -0.05) is 98.1 Å². The van der Waals surface area contributed by atoms with Crippen LogP contribution in [0.25, 0.3) is 20.2 Å². The lowest BCUT2D eigenvalue weighted by Crippen LogP contribution is -2.22. The molecule has 11 rings (SSSR count). The highest BCUT2D eigenvalue weighted by Gasteiger charge is 2.45. The van der Waals surface area contributed by atoms with Crippen LogP contribution in [0.1, 0.15) is 78.7 Å². The molecule has 2 nitrogen and oxygen atoms in total. The van der Waals surface area contributed by atoms with Crippen molar-refractivity contribution in [1.82, 2.24) is 0 Å². The maximum absolute atomic E-state index is 2.57. The quantitative estimate of drug-likeness (QED) is 0.160. The Bertz CT molecular complexity index is 2650. The minimum Gasteiger partial charge on any atom is -0.310 e. The maximum atomic E-state index is 2.57. The summed E-state index contributed by atoms with van der Waals surface area (Å²) < 4.78 is 2.69. The molecule has 274 valence electrons. The Labute approximate surface area is 334 Å². The molecule has 0 N–H and O–H groups in total. The predicted octanol–water partition coefficient (Wildman–Crippen LogP) is 15.2. The number of anilines is 6. The van der Waals surface area contributed by atoms with E-state index in [0.717, 1.165) is 25.7 Å². The van der Waals surface area contributed by atoms with Crippen LogP contribution in [0.5, 0.6) is 0 Å². The van der Waals surface area contributed by atoms with E-state index in [1.165, 1.54) is 114 Å². The molecule has 0 bridgehead atoms. The smallest absolute Gasteiger partial charge is 0.0468 e. The summed E-state index contributed by atoms with van der Waals surface area (Å²) in [6.07, 6.45) is 11.3. The first-order valence-corrected chi connectivity index (χ1v) is 21.5. The fourth-order valence-electron chi connectivity index (χ4n) is 10.5. The average molecular weight is 743 g/mol. The largest absolute Gasteiger partial charge is 0.310 e. The van der Waals surface area contributed by atoms with Gasteiger partial charge in [-0.15, -0.1) is 11.3 Å². The number of rotatable bonds is 7. The van der Waals surface area contributed by atoms with Crippen molar-refractivity contribution in [1.29, 1.82) is 0 Å². The summed E-state index contributed by atoms with van der Waals surface area (Å²) in [5.74, 6) is 0.687. The second kappa shape index (κ2) is 13.8. The second-order valence-corrected chi connectivity index (χ2v) is 17.4. The Kier molecular flexibility index (Phi) is 8.32. The van der Waals surface area contributed by atoms with Crippen LogP contribution in [0, 0.1) is 0 Å². The average Bonchev–Trinajstić information content (AvgIpc) is 3.95. The summed E-state index contributed by atoms with van der Waals surface area (Å²) in [7, 11) is 0. The van der Waals surface area contributed by atoms with Crippen LogP contribution in [0.4, 0.5) is 34.1 Å². The number of nitrogens with zero attached hydrogens (tertiary/aromatic N) is 2. The van der Waals surface area contributed by atoms with E-state index >= 15 is 0 Å². The molecule has 1 atom stereocenters. The molecule has 0 aliphatic heterocycles. The predicted molar refractivity (Wildman–Crippen MR) is 238 cm³/mol. The van der Waals surface area contributed by atoms with Gasteiger partial charge in [0.15, 0.2) is 0 Å². The number of para-hydroxylation sites is 2. The van der Waals surface area contributed by atoms with Gasteiger partial charge in [-0.3, -0.25) is 0 Å². The van der Waals surface area contributed by atoms with Gasteiger partial charge in [0.1, 0.15) is 0 Å². The third-order valence-corrected chi connectivity index (χ3v) is 14.4. The summed E-state index contributed by atoms with van der Waals surface area (Å²) in [5, 5.41) is 2.68. The van der Waals surface area contributed by atoms with Gasteiger partial charge in [0, 0.05) is 59.7 Å². The summed E-state index contributed by atoms with van der Waals surface area (Å²) in [5.41, 5.74) is 14.8. The van der Waals surface area contributed by atoms with Crippen molar-refractivity contribution in [3.05, 3.63) is 192 Å². The van der Waals surface area contributed by atoms with E-state index < -0.39 is 0 Å². The van der Waals surface area contributed by atoms with E-state index in [1.807, 2.05) is 11.3 Å². The van der Waals surface area contributed by atoms with Gasteiger partial charge in [-0.25, -0.2) is 0 Å². The molecule has 1 saturated carbocycles. The highest BCUT2D eigenvalue weighted by atomic mass is 32.1.